The summed E-state index contributed by atoms with van der Waals surface area (Å²) in [6.45, 7) is 6.45. The summed E-state index contributed by atoms with van der Waals surface area (Å²) in [5.74, 6) is -2.19. The molecular weight excluding hydrogens is 424 g/mol. The topological polar surface area (TPSA) is 128 Å². The summed E-state index contributed by atoms with van der Waals surface area (Å²) in [5.41, 5.74) is 4.88. The minimum absolute atomic E-state index is 0.0228. The monoisotopic (exact) mass is 456 g/mol. The van der Waals surface area contributed by atoms with Crippen LogP contribution in [0.2, 0.25) is 0 Å². The molecule has 2 aromatic carbocycles. The molecular formula is C25H32N2O6. The Morgan fingerprint density at radius 1 is 0.970 bits per heavy atom. The molecule has 0 heterocycles. The van der Waals surface area contributed by atoms with E-state index in [1.165, 1.54) is 6.92 Å². The number of aliphatic carboxylic acids is 1. The van der Waals surface area contributed by atoms with Crippen LogP contribution in [0.5, 0.6) is 5.75 Å². The van der Waals surface area contributed by atoms with Crippen LogP contribution in [0.1, 0.15) is 38.8 Å². The van der Waals surface area contributed by atoms with E-state index < -0.39 is 34.9 Å². The Hall–Kier alpha value is -3.39. The van der Waals surface area contributed by atoms with Crippen molar-refractivity contribution in [1.82, 2.24) is 5.32 Å². The van der Waals surface area contributed by atoms with E-state index in [2.05, 4.69) is 5.32 Å². The molecule has 0 radical (unpaired) electrons. The smallest absolute Gasteiger partial charge is 0.326 e. The minimum atomic E-state index is -1.71. The molecule has 4 N–H and O–H groups in total. The fourth-order valence-corrected chi connectivity index (χ4v) is 2.88. The minimum Gasteiger partial charge on any atom is -0.489 e. The standard InChI is InChI=1S/C25H32N2O6/c1-24(2,3)33-23(31)25(4,16-26)22(30)27-20(21(28)29)14-17-10-12-19(13-11-17)32-15-18-8-6-5-7-9-18/h5-13,20H,14-16,26H2,1-4H3,(H,27,30)(H,28,29)/t20-,25?/m1/s1. The molecule has 0 bridgehead atoms. The normalized spacial score (nSPS) is 14.0. The number of nitrogens with one attached hydrogen (secondary N) is 1. The van der Waals surface area contributed by atoms with Crippen LogP contribution in [0.4, 0.5) is 0 Å². The maximum atomic E-state index is 12.8. The van der Waals surface area contributed by atoms with Crippen molar-refractivity contribution < 1.29 is 29.0 Å². The first kappa shape index (κ1) is 25.9. The van der Waals surface area contributed by atoms with Crippen molar-refractivity contribution >= 4 is 17.8 Å². The Morgan fingerprint density at radius 2 is 1.58 bits per heavy atom. The van der Waals surface area contributed by atoms with Gasteiger partial charge < -0.3 is 25.6 Å². The van der Waals surface area contributed by atoms with Crippen molar-refractivity contribution in [3.63, 3.8) is 0 Å². The van der Waals surface area contributed by atoms with E-state index in [0.29, 0.717) is 17.9 Å². The van der Waals surface area contributed by atoms with E-state index in [4.69, 9.17) is 15.2 Å². The number of carboxylic acid groups (broad SMARTS) is 1. The third-order valence-corrected chi connectivity index (χ3v) is 4.97. The van der Waals surface area contributed by atoms with Crippen LogP contribution in [0, 0.1) is 5.41 Å². The SMILES string of the molecule is CC(C)(C)OC(=O)C(C)(CN)C(=O)N[C@H](Cc1ccc(OCc2ccccc2)cc1)C(=O)O. The fourth-order valence-electron chi connectivity index (χ4n) is 2.88. The number of rotatable bonds is 10. The molecule has 0 spiro atoms. The van der Waals surface area contributed by atoms with Crippen LogP contribution in [0.3, 0.4) is 0 Å². The Balaban J connectivity index is 2.04. The zero-order valence-corrected chi connectivity index (χ0v) is 19.5. The molecule has 8 heteroatoms. The predicted octanol–water partition coefficient (Wildman–Crippen LogP) is 2.68. The molecule has 1 amide bonds. The highest BCUT2D eigenvalue weighted by atomic mass is 16.6. The number of esters is 1. The zero-order valence-electron chi connectivity index (χ0n) is 19.5. The molecule has 0 saturated heterocycles. The summed E-state index contributed by atoms with van der Waals surface area (Å²) in [4.78, 5) is 37.2. The molecule has 0 aromatic heterocycles. The number of carbonyl (C=O) groups excluding carboxylic acids is 2. The summed E-state index contributed by atoms with van der Waals surface area (Å²) >= 11 is 0. The van der Waals surface area contributed by atoms with Crippen LogP contribution in [-0.2, 0) is 32.1 Å². The Labute approximate surface area is 194 Å². The summed E-state index contributed by atoms with van der Waals surface area (Å²) in [7, 11) is 0. The quantitative estimate of drug-likeness (QED) is 0.370. The van der Waals surface area contributed by atoms with Crippen LogP contribution in [-0.4, -0.2) is 41.1 Å². The van der Waals surface area contributed by atoms with Gasteiger partial charge in [-0.05, 0) is 51.0 Å². The second-order valence-corrected chi connectivity index (χ2v) is 9.02. The van der Waals surface area contributed by atoms with E-state index in [9.17, 15) is 19.5 Å². The van der Waals surface area contributed by atoms with Gasteiger partial charge in [-0.3, -0.25) is 9.59 Å². The highest BCUT2D eigenvalue weighted by Crippen LogP contribution is 2.22. The number of hydrogen-bond donors (Lipinski definition) is 3. The predicted molar refractivity (Wildman–Crippen MR) is 123 cm³/mol. The van der Waals surface area contributed by atoms with E-state index >= 15 is 0 Å². The van der Waals surface area contributed by atoms with Gasteiger partial charge in [0.15, 0.2) is 5.41 Å². The fraction of sp³-hybridized carbons (Fsp3) is 0.400. The van der Waals surface area contributed by atoms with Crippen LogP contribution < -0.4 is 15.8 Å². The highest BCUT2D eigenvalue weighted by molar-refractivity contribution is 6.03. The van der Waals surface area contributed by atoms with Gasteiger partial charge in [-0.1, -0.05) is 42.5 Å². The third kappa shape index (κ3) is 7.61. The molecule has 33 heavy (non-hydrogen) atoms. The van der Waals surface area contributed by atoms with Crippen LogP contribution >= 0.6 is 0 Å². The molecule has 0 fully saturated rings. The molecule has 2 aromatic rings. The third-order valence-electron chi connectivity index (χ3n) is 4.97. The van der Waals surface area contributed by atoms with Crippen LogP contribution in [0.15, 0.2) is 54.6 Å². The lowest BCUT2D eigenvalue weighted by Crippen LogP contribution is -2.55. The van der Waals surface area contributed by atoms with Gasteiger partial charge in [0.05, 0.1) is 0 Å². The van der Waals surface area contributed by atoms with Gasteiger partial charge in [0.1, 0.15) is 24.0 Å². The number of amides is 1. The number of nitrogens with two attached hydrogens (primary N) is 1. The van der Waals surface area contributed by atoms with Gasteiger partial charge in [-0.25, -0.2) is 4.79 Å². The van der Waals surface area contributed by atoms with E-state index in [-0.39, 0.29) is 13.0 Å². The van der Waals surface area contributed by atoms with Gasteiger partial charge in [0.25, 0.3) is 0 Å². The Morgan fingerprint density at radius 3 is 2.09 bits per heavy atom. The molecule has 0 aliphatic heterocycles. The average Bonchev–Trinajstić information content (AvgIpc) is 2.76. The highest BCUT2D eigenvalue weighted by Gasteiger charge is 2.44. The number of hydrogen-bond acceptors (Lipinski definition) is 6. The van der Waals surface area contributed by atoms with Gasteiger partial charge in [-0.2, -0.15) is 0 Å². The zero-order chi connectivity index (χ0) is 24.6. The largest absolute Gasteiger partial charge is 0.489 e. The summed E-state index contributed by atoms with van der Waals surface area (Å²) in [6, 6.07) is 15.4. The molecule has 8 nitrogen and oxygen atoms in total. The lowest BCUT2D eigenvalue weighted by atomic mass is 9.88. The molecule has 0 aliphatic rings. The lowest BCUT2D eigenvalue weighted by molar-refractivity contribution is -0.170. The second kappa shape index (κ2) is 11.0. The number of carboxylic acids is 1. The molecule has 178 valence electrons. The number of carbonyl (C=O) groups is 3. The first-order valence-electron chi connectivity index (χ1n) is 10.7. The first-order chi connectivity index (χ1) is 15.4. The molecule has 0 aliphatic carbocycles. The van der Waals surface area contributed by atoms with Crippen molar-refractivity contribution in [1.29, 1.82) is 0 Å². The molecule has 2 atom stereocenters. The van der Waals surface area contributed by atoms with Crippen molar-refractivity contribution in [3.05, 3.63) is 65.7 Å². The van der Waals surface area contributed by atoms with E-state index in [0.717, 1.165) is 5.56 Å². The average molecular weight is 457 g/mol. The van der Waals surface area contributed by atoms with E-state index in [1.807, 2.05) is 30.3 Å². The van der Waals surface area contributed by atoms with Gasteiger partial charge in [0, 0.05) is 13.0 Å². The summed E-state index contributed by atoms with van der Waals surface area (Å²) < 4.78 is 11.0. The van der Waals surface area contributed by atoms with Crippen LogP contribution in [0.25, 0.3) is 0 Å². The maximum absolute atomic E-state index is 12.8. The van der Waals surface area contributed by atoms with Gasteiger partial charge in [-0.15, -0.1) is 0 Å². The molecule has 1 unspecified atom stereocenters. The Bertz CT molecular complexity index is 953. The van der Waals surface area contributed by atoms with Crippen molar-refractivity contribution in [3.8, 4) is 5.75 Å². The Kier molecular flexibility index (Phi) is 8.59. The van der Waals surface area contributed by atoms with Gasteiger partial charge >= 0.3 is 11.9 Å². The van der Waals surface area contributed by atoms with Gasteiger partial charge in [0.2, 0.25) is 5.91 Å². The van der Waals surface area contributed by atoms with Crippen molar-refractivity contribution in [2.24, 2.45) is 11.1 Å². The summed E-state index contributed by atoms with van der Waals surface area (Å²) in [6.07, 6.45) is 0.0228. The van der Waals surface area contributed by atoms with Crippen molar-refractivity contribution in [2.45, 2.75) is 52.4 Å². The lowest BCUT2D eigenvalue weighted by Gasteiger charge is -2.30. The maximum Gasteiger partial charge on any atom is 0.326 e. The van der Waals surface area contributed by atoms with Crippen molar-refractivity contribution in [2.75, 3.05) is 6.54 Å². The first-order valence-corrected chi connectivity index (χ1v) is 10.7. The molecule has 2 rings (SSSR count). The van der Waals surface area contributed by atoms with E-state index in [1.54, 1.807) is 45.0 Å². The number of ether oxygens (including phenoxy) is 2. The summed E-state index contributed by atoms with van der Waals surface area (Å²) in [5, 5.41) is 12.1. The second-order valence-electron chi connectivity index (χ2n) is 9.02. The number of benzene rings is 2. The molecule has 0 saturated carbocycles.